The van der Waals surface area contributed by atoms with Gasteiger partial charge in [0.25, 0.3) is 5.92 Å². The second-order valence-electron chi connectivity index (χ2n) is 7.82. The molecule has 4 heterocycles. The monoisotopic (exact) mass is 503 g/mol. The van der Waals surface area contributed by atoms with Gasteiger partial charge in [-0.3, -0.25) is 4.68 Å². The van der Waals surface area contributed by atoms with E-state index in [1.165, 1.54) is 21.8 Å². The molecule has 2 atom stereocenters. The molecular formula is C20H25BrF3N5O2. The van der Waals surface area contributed by atoms with Crippen molar-refractivity contribution in [3.63, 3.8) is 0 Å². The van der Waals surface area contributed by atoms with Crippen LogP contribution in [0.4, 0.5) is 23.7 Å². The summed E-state index contributed by atoms with van der Waals surface area (Å²) in [4.78, 5) is 18.0. The van der Waals surface area contributed by atoms with Gasteiger partial charge in [-0.1, -0.05) is 7.43 Å². The highest BCUT2D eigenvalue weighted by Crippen LogP contribution is 2.42. The van der Waals surface area contributed by atoms with Gasteiger partial charge in [0.2, 0.25) is 0 Å². The number of anilines is 1. The quantitative estimate of drug-likeness (QED) is 0.598. The van der Waals surface area contributed by atoms with Gasteiger partial charge >= 0.3 is 6.03 Å². The average molecular weight is 504 g/mol. The predicted octanol–water partition coefficient (Wildman–Crippen LogP) is 4.29. The summed E-state index contributed by atoms with van der Waals surface area (Å²) in [6, 6.07) is 0.426. The summed E-state index contributed by atoms with van der Waals surface area (Å²) in [6.07, 6.45) is 1.47. The summed E-state index contributed by atoms with van der Waals surface area (Å²) in [7, 11) is 0. The van der Waals surface area contributed by atoms with Crippen LogP contribution < -0.4 is 5.32 Å². The van der Waals surface area contributed by atoms with Gasteiger partial charge in [-0.2, -0.15) is 13.9 Å². The molecule has 31 heavy (non-hydrogen) atoms. The first-order chi connectivity index (χ1) is 14.2. The molecular weight excluding hydrogens is 479 g/mol. The number of rotatable bonds is 2. The van der Waals surface area contributed by atoms with Gasteiger partial charge < -0.3 is 15.3 Å². The van der Waals surface area contributed by atoms with E-state index in [2.05, 4.69) is 31.3 Å². The third-order valence-electron chi connectivity index (χ3n) is 5.73. The zero-order chi connectivity index (χ0) is 21.6. The van der Waals surface area contributed by atoms with E-state index in [9.17, 15) is 23.1 Å². The smallest absolute Gasteiger partial charge is 0.322 e. The number of hydrogen-bond acceptors (Lipinski definition) is 4. The summed E-state index contributed by atoms with van der Waals surface area (Å²) < 4.78 is 45.3. The molecule has 0 spiro atoms. The molecule has 0 radical (unpaired) electrons. The van der Waals surface area contributed by atoms with E-state index in [4.69, 9.17) is 0 Å². The largest absolute Gasteiger partial charge is 0.396 e. The molecule has 2 amide bonds. The topological polar surface area (TPSA) is 83.3 Å². The van der Waals surface area contributed by atoms with Crippen molar-refractivity contribution in [3.8, 4) is 0 Å². The van der Waals surface area contributed by atoms with Crippen molar-refractivity contribution in [2.75, 3.05) is 11.9 Å². The van der Waals surface area contributed by atoms with Crippen LogP contribution in [0.25, 0.3) is 0 Å². The van der Waals surface area contributed by atoms with Crippen LogP contribution in [-0.2, 0) is 25.4 Å². The number of amides is 2. The molecule has 0 unspecified atom stereocenters. The fraction of sp³-hybridized carbons (Fsp3) is 0.550. The van der Waals surface area contributed by atoms with Crippen molar-refractivity contribution in [2.45, 2.75) is 58.7 Å². The molecule has 11 heteroatoms. The number of aliphatic hydroxyl groups is 1. The van der Waals surface area contributed by atoms with Crippen molar-refractivity contribution >= 4 is 27.6 Å². The molecule has 170 valence electrons. The van der Waals surface area contributed by atoms with Gasteiger partial charge in [0, 0.05) is 49.7 Å². The molecule has 0 saturated heterocycles. The minimum absolute atomic E-state index is 0. The number of alkyl halides is 2. The number of halogens is 4. The standard InChI is InChI=1S/C19H21BrF3N5O2.CH4/c1-10-6-14-12(16-19(22,23)4-2-11(9-29)7-28(16)26-14)8-27(10)18(30)25-13-3-5-24-17(20)15(13)21;/h3,5,10-11,29H,2,4,6-9H2,1H3,(H,24,25,30);1H4/t10-,11-;/m1./s1. The zero-order valence-corrected chi connectivity index (χ0v) is 17.8. The maximum atomic E-state index is 14.9. The average Bonchev–Trinajstić information content (AvgIpc) is 2.99. The van der Waals surface area contributed by atoms with E-state index in [0.717, 1.165) is 0 Å². The Bertz CT molecular complexity index is 984. The first-order valence-electron chi connectivity index (χ1n) is 9.66. The van der Waals surface area contributed by atoms with Crippen molar-refractivity contribution in [2.24, 2.45) is 5.92 Å². The van der Waals surface area contributed by atoms with Crippen molar-refractivity contribution in [3.05, 3.63) is 39.6 Å². The van der Waals surface area contributed by atoms with E-state index in [0.29, 0.717) is 17.7 Å². The Hall–Kier alpha value is -2.14. The lowest BCUT2D eigenvalue weighted by Crippen LogP contribution is -2.45. The number of fused-ring (bicyclic) bond motifs is 3. The molecule has 0 aromatic carbocycles. The van der Waals surface area contributed by atoms with E-state index >= 15 is 0 Å². The maximum Gasteiger partial charge on any atom is 0.322 e. The summed E-state index contributed by atoms with van der Waals surface area (Å²) in [5.41, 5.74) is 0.640. The number of aromatic nitrogens is 3. The summed E-state index contributed by atoms with van der Waals surface area (Å²) >= 11 is 2.97. The Balaban J connectivity index is 0.00000272. The zero-order valence-electron chi connectivity index (χ0n) is 16.2. The van der Waals surface area contributed by atoms with Crippen LogP contribution in [0.5, 0.6) is 0 Å². The van der Waals surface area contributed by atoms with Gasteiger partial charge in [-0.25, -0.2) is 14.2 Å². The Morgan fingerprint density at radius 2 is 2.19 bits per heavy atom. The maximum absolute atomic E-state index is 14.9. The van der Waals surface area contributed by atoms with Crippen molar-refractivity contribution in [1.29, 1.82) is 0 Å². The van der Waals surface area contributed by atoms with Crippen LogP contribution in [0, 0.1) is 11.7 Å². The first-order valence-corrected chi connectivity index (χ1v) is 10.5. The summed E-state index contributed by atoms with van der Waals surface area (Å²) in [5.74, 6) is -4.10. The van der Waals surface area contributed by atoms with E-state index in [1.807, 2.05) is 0 Å². The number of pyridine rings is 1. The lowest BCUT2D eigenvalue weighted by Gasteiger charge is -2.33. The fourth-order valence-electron chi connectivity index (χ4n) is 4.10. The third kappa shape index (κ3) is 4.30. The third-order valence-corrected chi connectivity index (χ3v) is 6.29. The highest BCUT2D eigenvalue weighted by atomic mass is 79.9. The number of carbonyl (C=O) groups is 1. The SMILES string of the molecule is C.C[C@@H]1Cc2nn3c(c2CN1C(=O)Nc1ccnc(Br)c1F)C(F)(F)CC[C@@H](CO)C3. The minimum atomic E-state index is -3.10. The number of nitrogens with one attached hydrogen (secondary N) is 1. The number of aliphatic hydroxyl groups excluding tert-OH is 1. The van der Waals surface area contributed by atoms with Gasteiger partial charge in [0.15, 0.2) is 5.82 Å². The minimum Gasteiger partial charge on any atom is -0.396 e. The number of nitrogens with zero attached hydrogens (tertiary/aromatic N) is 4. The Labute approximate surface area is 186 Å². The van der Waals surface area contributed by atoms with Crippen LogP contribution in [0.15, 0.2) is 16.9 Å². The normalized spacial score (nSPS) is 22.1. The van der Waals surface area contributed by atoms with Gasteiger partial charge in [0.05, 0.1) is 17.9 Å². The number of urea groups is 1. The molecule has 0 fully saturated rings. The molecule has 2 aromatic heterocycles. The molecule has 2 aliphatic rings. The molecule has 4 rings (SSSR count). The second-order valence-corrected chi connectivity index (χ2v) is 8.57. The van der Waals surface area contributed by atoms with E-state index in [-0.39, 0.29) is 67.9 Å². The molecule has 2 N–H and O–H groups in total. The molecule has 2 aliphatic heterocycles. The molecule has 2 aromatic rings. The second kappa shape index (κ2) is 8.78. The van der Waals surface area contributed by atoms with Crippen molar-refractivity contribution in [1.82, 2.24) is 19.7 Å². The van der Waals surface area contributed by atoms with Crippen LogP contribution >= 0.6 is 15.9 Å². The molecule has 0 aliphatic carbocycles. The number of hydrogen-bond donors (Lipinski definition) is 2. The highest BCUT2D eigenvalue weighted by Gasteiger charge is 2.44. The van der Waals surface area contributed by atoms with E-state index < -0.39 is 17.8 Å². The van der Waals surface area contributed by atoms with Crippen LogP contribution in [0.3, 0.4) is 0 Å². The lowest BCUT2D eigenvalue weighted by molar-refractivity contribution is -0.0227. The molecule has 0 bridgehead atoms. The van der Waals surface area contributed by atoms with E-state index in [1.54, 1.807) is 6.92 Å². The first kappa shape index (κ1) is 23.5. The predicted molar refractivity (Wildman–Crippen MR) is 112 cm³/mol. The van der Waals surface area contributed by atoms with Gasteiger partial charge in [-0.15, -0.1) is 0 Å². The van der Waals surface area contributed by atoms with Crippen LogP contribution in [-0.4, -0.2) is 43.5 Å². The van der Waals surface area contributed by atoms with Gasteiger partial charge in [-0.05, 0) is 35.3 Å². The lowest BCUT2D eigenvalue weighted by atomic mass is 9.96. The summed E-state index contributed by atoms with van der Waals surface area (Å²) in [5, 5.41) is 16.4. The number of carbonyl (C=O) groups excluding carboxylic acids is 1. The Kier molecular flexibility index (Phi) is 6.66. The van der Waals surface area contributed by atoms with Crippen LogP contribution in [0.2, 0.25) is 0 Å². The Morgan fingerprint density at radius 3 is 2.90 bits per heavy atom. The van der Waals surface area contributed by atoms with Gasteiger partial charge in [0.1, 0.15) is 10.3 Å². The fourth-order valence-corrected chi connectivity index (χ4v) is 4.43. The molecule has 7 nitrogen and oxygen atoms in total. The highest BCUT2D eigenvalue weighted by molar-refractivity contribution is 9.10. The van der Waals surface area contributed by atoms with Crippen molar-refractivity contribution < 1.29 is 23.1 Å². The van der Waals surface area contributed by atoms with Crippen LogP contribution in [0.1, 0.15) is 44.1 Å². The Morgan fingerprint density at radius 1 is 1.45 bits per heavy atom. The molecule has 0 saturated carbocycles. The summed E-state index contributed by atoms with van der Waals surface area (Å²) in [6.45, 7) is 1.77.